The van der Waals surface area contributed by atoms with Gasteiger partial charge in [0, 0.05) is 31.0 Å². The number of amides is 1. The summed E-state index contributed by atoms with van der Waals surface area (Å²) in [5.74, 6) is 2.41. The van der Waals surface area contributed by atoms with Crippen molar-refractivity contribution in [3.05, 3.63) is 29.7 Å². The van der Waals surface area contributed by atoms with E-state index in [1.165, 1.54) is 24.0 Å². The third-order valence-electron chi connectivity index (χ3n) is 5.57. The van der Waals surface area contributed by atoms with Crippen LogP contribution in [-0.2, 0) is 24.2 Å². The van der Waals surface area contributed by atoms with E-state index in [-0.39, 0.29) is 5.91 Å². The smallest absolute Gasteiger partial charge is 0.224 e. The highest BCUT2D eigenvalue weighted by Crippen LogP contribution is 2.36. The molecule has 4 rings (SSSR count). The number of aryl methyl sites for hydroxylation is 2. The van der Waals surface area contributed by atoms with E-state index in [2.05, 4.69) is 22.2 Å². The van der Waals surface area contributed by atoms with E-state index in [1.54, 1.807) is 11.0 Å². The van der Waals surface area contributed by atoms with Crippen molar-refractivity contribution in [2.75, 3.05) is 13.1 Å². The molecule has 134 valence electrons. The molecule has 0 spiro atoms. The van der Waals surface area contributed by atoms with Gasteiger partial charge in [0.25, 0.3) is 0 Å². The van der Waals surface area contributed by atoms with Crippen molar-refractivity contribution in [1.82, 2.24) is 24.8 Å². The average molecular weight is 343 g/mol. The number of likely N-dealkylation sites (tertiary alicyclic amines) is 1. The monoisotopic (exact) mass is 343 g/mol. The summed E-state index contributed by atoms with van der Waals surface area (Å²) in [6, 6.07) is 0. The Labute approximate surface area is 147 Å². The Hall–Kier alpha value is -2.18. The SMILES string of the molecule is C[C@@H]1CCc2noc(C3CCN(C(=O)CCn4cncn4)CC3)c2C1. The maximum Gasteiger partial charge on any atom is 0.224 e. The fourth-order valence-electron chi connectivity index (χ4n) is 4.03. The fourth-order valence-corrected chi connectivity index (χ4v) is 4.03. The van der Waals surface area contributed by atoms with Crippen molar-refractivity contribution in [3.63, 3.8) is 0 Å². The Morgan fingerprint density at radius 1 is 1.32 bits per heavy atom. The molecule has 0 radical (unpaired) electrons. The van der Waals surface area contributed by atoms with Gasteiger partial charge in [-0.15, -0.1) is 0 Å². The number of carbonyl (C=O) groups is 1. The molecule has 3 heterocycles. The number of carbonyl (C=O) groups excluding carboxylic acids is 1. The zero-order valence-electron chi connectivity index (χ0n) is 14.7. The van der Waals surface area contributed by atoms with Gasteiger partial charge in [0.15, 0.2) is 0 Å². The minimum Gasteiger partial charge on any atom is -0.361 e. The average Bonchev–Trinajstić information content (AvgIpc) is 3.29. The van der Waals surface area contributed by atoms with Crippen molar-refractivity contribution < 1.29 is 9.32 Å². The van der Waals surface area contributed by atoms with E-state index in [4.69, 9.17) is 4.52 Å². The highest BCUT2D eigenvalue weighted by Gasteiger charge is 2.31. The fraction of sp³-hybridized carbons (Fsp3) is 0.667. The zero-order valence-corrected chi connectivity index (χ0v) is 14.7. The number of fused-ring (bicyclic) bond motifs is 1. The summed E-state index contributed by atoms with van der Waals surface area (Å²) in [6.07, 6.45) is 8.88. The first-order chi connectivity index (χ1) is 12.2. The molecule has 1 fully saturated rings. The first-order valence-corrected chi connectivity index (χ1v) is 9.28. The Balaban J connectivity index is 1.32. The van der Waals surface area contributed by atoms with Crippen molar-refractivity contribution in [3.8, 4) is 0 Å². The Morgan fingerprint density at radius 3 is 2.92 bits per heavy atom. The second-order valence-electron chi connectivity index (χ2n) is 7.38. The lowest BCUT2D eigenvalue weighted by molar-refractivity contribution is -0.132. The van der Waals surface area contributed by atoms with Crippen LogP contribution >= 0.6 is 0 Å². The van der Waals surface area contributed by atoms with Crippen molar-refractivity contribution in [1.29, 1.82) is 0 Å². The highest BCUT2D eigenvalue weighted by molar-refractivity contribution is 5.76. The lowest BCUT2D eigenvalue weighted by Gasteiger charge is -2.31. The molecule has 1 saturated heterocycles. The molecule has 1 aliphatic carbocycles. The minimum absolute atomic E-state index is 0.196. The summed E-state index contributed by atoms with van der Waals surface area (Å²) < 4.78 is 7.43. The largest absolute Gasteiger partial charge is 0.361 e. The van der Waals surface area contributed by atoms with Crippen LogP contribution in [-0.4, -0.2) is 43.8 Å². The first-order valence-electron chi connectivity index (χ1n) is 9.28. The van der Waals surface area contributed by atoms with Crippen LogP contribution in [0.2, 0.25) is 0 Å². The molecule has 0 unspecified atom stereocenters. The van der Waals surface area contributed by atoms with Gasteiger partial charge in [-0.3, -0.25) is 9.48 Å². The molecule has 7 nitrogen and oxygen atoms in total. The maximum atomic E-state index is 12.4. The molecule has 0 saturated carbocycles. The molecule has 0 N–H and O–H groups in total. The Bertz CT molecular complexity index is 716. The first kappa shape index (κ1) is 16.3. The van der Waals surface area contributed by atoms with E-state index in [0.717, 1.165) is 44.5 Å². The van der Waals surface area contributed by atoms with Crippen LogP contribution < -0.4 is 0 Å². The molecule has 1 atom stereocenters. The molecule has 2 aliphatic rings. The van der Waals surface area contributed by atoms with Crippen LogP contribution in [0.3, 0.4) is 0 Å². The third kappa shape index (κ3) is 3.45. The summed E-state index contributed by atoms with van der Waals surface area (Å²) in [5, 5.41) is 8.35. The molecule has 25 heavy (non-hydrogen) atoms. The van der Waals surface area contributed by atoms with E-state index >= 15 is 0 Å². The van der Waals surface area contributed by atoms with Gasteiger partial charge in [0.2, 0.25) is 5.91 Å². The van der Waals surface area contributed by atoms with E-state index < -0.39 is 0 Å². The Morgan fingerprint density at radius 2 is 2.16 bits per heavy atom. The van der Waals surface area contributed by atoms with Crippen molar-refractivity contribution >= 4 is 5.91 Å². The molecule has 1 amide bonds. The van der Waals surface area contributed by atoms with Gasteiger partial charge in [-0.1, -0.05) is 12.1 Å². The number of aromatic nitrogens is 4. The van der Waals surface area contributed by atoms with Gasteiger partial charge in [-0.25, -0.2) is 4.98 Å². The number of rotatable bonds is 4. The second kappa shape index (κ2) is 6.98. The van der Waals surface area contributed by atoms with Crippen LogP contribution in [0.4, 0.5) is 0 Å². The number of piperidine rings is 1. The summed E-state index contributed by atoms with van der Waals surface area (Å²) in [4.78, 5) is 18.3. The highest BCUT2D eigenvalue weighted by atomic mass is 16.5. The molecule has 0 aromatic carbocycles. The number of nitrogens with zero attached hydrogens (tertiary/aromatic N) is 5. The van der Waals surface area contributed by atoms with Gasteiger partial charge in [-0.05, 0) is 38.0 Å². The minimum atomic E-state index is 0.196. The Kier molecular flexibility index (Phi) is 4.55. The van der Waals surface area contributed by atoms with Gasteiger partial charge in [-0.2, -0.15) is 5.10 Å². The van der Waals surface area contributed by atoms with E-state index in [0.29, 0.717) is 24.8 Å². The van der Waals surface area contributed by atoms with Gasteiger partial charge in [0.1, 0.15) is 18.4 Å². The third-order valence-corrected chi connectivity index (χ3v) is 5.57. The summed E-state index contributed by atoms with van der Waals surface area (Å²) in [5.41, 5.74) is 2.52. The molecule has 2 aromatic heterocycles. The van der Waals surface area contributed by atoms with Crippen LogP contribution in [0.15, 0.2) is 17.2 Å². The summed E-state index contributed by atoms with van der Waals surface area (Å²) in [6.45, 7) is 4.49. The molecular formula is C18H25N5O2. The van der Waals surface area contributed by atoms with Crippen LogP contribution in [0.5, 0.6) is 0 Å². The van der Waals surface area contributed by atoms with E-state index in [9.17, 15) is 4.79 Å². The van der Waals surface area contributed by atoms with Crippen molar-refractivity contribution in [2.24, 2.45) is 5.92 Å². The maximum absolute atomic E-state index is 12.4. The molecule has 1 aliphatic heterocycles. The second-order valence-corrected chi connectivity index (χ2v) is 7.38. The molecule has 7 heteroatoms. The number of hydrogen-bond donors (Lipinski definition) is 0. The van der Waals surface area contributed by atoms with Crippen molar-refractivity contribution in [2.45, 2.75) is 57.9 Å². The quantitative estimate of drug-likeness (QED) is 0.850. The molecule has 2 aromatic rings. The van der Waals surface area contributed by atoms with Gasteiger partial charge in [0.05, 0.1) is 12.2 Å². The van der Waals surface area contributed by atoms with Gasteiger partial charge < -0.3 is 9.42 Å². The summed E-state index contributed by atoms with van der Waals surface area (Å²) >= 11 is 0. The predicted octanol–water partition coefficient (Wildman–Crippen LogP) is 2.19. The van der Waals surface area contributed by atoms with Crippen LogP contribution in [0.25, 0.3) is 0 Å². The molecular weight excluding hydrogens is 318 g/mol. The topological polar surface area (TPSA) is 77.0 Å². The normalized spacial score (nSPS) is 21.3. The van der Waals surface area contributed by atoms with E-state index in [1.807, 2.05) is 4.90 Å². The van der Waals surface area contributed by atoms with Crippen LogP contribution in [0, 0.1) is 5.92 Å². The zero-order chi connectivity index (χ0) is 17.2. The summed E-state index contributed by atoms with van der Waals surface area (Å²) in [7, 11) is 0. The number of hydrogen-bond acceptors (Lipinski definition) is 5. The van der Waals surface area contributed by atoms with Gasteiger partial charge >= 0.3 is 0 Å². The standard InChI is InChI=1S/C18H25N5O2/c1-13-2-3-16-15(10-13)18(25-21-16)14-4-7-22(8-5-14)17(24)6-9-23-12-19-11-20-23/h11-14H,2-10H2,1H3/t13-/m1/s1. The predicted molar refractivity (Wildman–Crippen MR) is 90.9 cm³/mol. The lowest BCUT2D eigenvalue weighted by atomic mass is 9.83. The molecule has 0 bridgehead atoms. The van der Waals surface area contributed by atoms with Crippen LogP contribution in [0.1, 0.15) is 55.5 Å². The lowest BCUT2D eigenvalue weighted by Crippen LogP contribution is -2.38.